The molecule has 1 aliphatic rings. The Bertz CT molecular complexity index is 685. The van der Waals surface area contributed by atoms with Crippen LogP contribution in [0.25, 0.3) is 0 Å². The number of rotatable bonds is 4. The van der Waals surface area contributed by atoms with Crippen molar-refractivity contribution in [2.75, 3.05) is 23.3 Å². The first-order valence-corrected chi connectivity index (χ1v) is 7.50. The fraction of sp³-hybridized carbons (Fsp3) is 0.312. The number of para-hydroxylation sites is 1. The molecule has 1 aromatic carbocycles. The predicted molar refractivity (Wildman–Crippen MR) is 86.1 cm³/mol. The second kappa shape index (κ2) is 6.60. The van der Waals surface area contributed by atoms with Crippen LogP contribution in [-0.2, 0) is 0 Å². The predicted octanol–water partition coefficient (Wildman–Crippen LogP) is 3.21. The minimum Gasteiger partial charge on any atom is -0.380 e. The van der Waals surface area contributed by atoms with E-state index in [0.29, 0.717) is 5.69 Å². The second-order valence-corrected chi connectivity index (χ2v) is 5.52. The van der Waals surface area contributed by atoms with E-state index in [1.807, 2.05) is 6.07 Å². The zero-order chi connectivity index (χ0) is 16.2. The zero-order valence-electron chi connectivity index (χ0n) is 12.5. The lowest BCUT2D eigenvalue weighted by Gasteiger charge is -2.33. The first-order valence-electron chi connectivity index (χ1n) is 7.50. The van der Waals surface area contributed by atoms with Gasteiger partial charge in [-0.15, -0.1) is 0 Å². The molecular formula is C16H17FN4O2. The molecule has 2 heterocycles. The maximum atomic E-state index is 13.7. The van der Waals surface area contributed by atoms with Crippen molar-refractivity contribution in [2.24, 2.45) is 0 Å². The molecule has 0 saturated carbocycles. The van der Waals surface area contributed by atoms with Gasteiger partial charge in [-0.25, -0.2) is 4.39 Å². The highest BCUT2D eigenvalue weighted by Crippen LogP contribution is 2.23. The van der Waals surface area contributed by atoms with Gasteiger partial charge in [-0.3, -0.25) is 0 Å². The fourth-order valence-corrected chi connectivity index (χ4v) is 2.75. The topological polar surface area (TPSA) is 71.3 Å². The summed E-state index contributed by atoms with van der Waals surface area (Å²) < 4.78 is 13.7. The molecule has 120 valence electrons. The molecule has 1 saturated heterocycles. The van der Waals surface area contributed by atoms with Gasteiger partial charge in [0.05, 0.1) is 11.4 Å². The van der Waals surface area contributed by atoms with E-state index in [4.69, 9.17) is 0 Å². The standard InChI is InChI=1S/C16H17FN4O2/c17-14-3-1-2-4-15(14)19-12-7-9-20(10-8-12)13-5-6-16(18-11-13)21(22)23/h1-6,11-12,19H,7-10H2. The van der Waals surface area contributed by atoms with E-state index < -0.39 is 4.92 Å². The van der Waals surface area contributed by atoms with Crippen LogP contribution in [0, 0.1) is 15.9 Å². The normalized spacial score (nSPS) is 15.4. The van der Waals surface area contributed by atoms with E-state index in [-0.39, 0.29) is 17.7 Å². The van der Waals surface area contributed by atoms with Crippen LogP contribution >= 0.6 is 0 Å². The summed E-state index contributed by atoms with van der Waals surface area (Å²) in [7, 11) is 0. The molecule has 0 bridgehead atoms. The molecule has 1 aromatic heterocycles. The van der Waals surface area contributed by atoms with Crippen molar-refractivity contribution < 1.29 is 9.31 Å². The Hall–Kier alpha value is -2.70. The average Bonchev–Trinajstić information content (AvgIpc) is 2.58. The lowest BCUT2D eigenvalue weighted by molar-refractivity contribution is -0.389. The monoisotopic (exact) mass is 316 g/mol. The number of aromatic nitrogens is 1. The Labute approximate surface area is 133 Å². The van der Waals surface area contributed by atoms with Gasteiger partial charge in [0.2, 0.25) is 0 Å². The molecule has 1 N–H and O–H groups in total. The van der Waals surface area contributed by atoms with E-state index in [9.17, 15) is 14.5 Å². The van der Waals surface area contributed by atoms with E-state index in [2.05, 4.69) is 15.2 Å². The highest BCUT2D eigenvalue weighted by atomic mass is 19.1. The van der Waals surface area contributed by atoms with E-state index >= 15 is 0 Å². The summed E-state index contributed by atoms with van der Waals surface area (Å²) in [5.74, 6) is -0.389. The molecule has 1 aliphatic heterocycles. The zero-order valence-corrected chi connectivity index (χ0v) is 12.5. The third-order valence-electron chi connectivity index (χ3n) is 4.01. The van der Waals surface area contributed by atoms with E-state index in [1.54, 1.807) is 18.2 Å². The Balaban J connectivity index is 1.58. The molecule has 6 nitrogen and oxygen atoms in total. The van der Waals surface area contributed by atoms with Crippen LogP contribution in [0.3, 0.4) is 0 Å². The third kappa shape index (κ3) is 3.56. The van der Waals surface area contributed by atoms with Crippen LogP contribution in [0.15, 0.2) is 42.6 Å². The third-order valence-corrected chi connectivity index (χ3v) is 4.01. The van der Waals surface area contributed by atoms with E-state index in [1.165, 1.54) is 18.3 Å². The highest BCUT2D eigenvalue weighted by molar-refractivity contribution is 5.48. The number of anilines is 2. The summed E-state index contributed by atoms with van der Waals surface area (Å²) in [6, 6.07) is 10.0. The lowest BCUT2D eigenvalue weighted by atomic mass is 10.0. The Morgan fingerprint density at radius 3 is 2.57 bits per heavy atom. The number of benzene rings is 1. The van der Waals surface area contributed by atoms with Crippen molar-refractivity contribution in [2.45, 2.75) is 18.9 Å². The van der Waals surface area contributed by atoms with Crippen molar-refractivity contribution >= 4 is 17.2 Å². The number of hydrogen-bond acceptors (Lipinski definition) is 5. The molecule has 3 rings (SSSR count). The maximum Gasteiger partial charge on any atom is 0.363 e. The van der Waals surface area contributed by atoms with Crippen LogP contribution in [0.1, 0.15) is 12.8 Å². The van der Waals surface area contributed by atoms with Crippen molar-refractivity contribution in [3.05, 3.63) is 58.5 Å². The van der Waals surface area contributed by atoms with Gasteiger partial charge in [0.1, 0.15) is 5.82 Å². The molecule has 0 unspecified atom stereocenters. The number of halogens is 1. The first-order chi connectivity index (χ1) is 11.1. The summed E-state index contributed by atoms with van der Waals surface area (Å²) in [6.07, 6.45) is 3.26. The number of nitrogens with zero attached hydrogens (tertiary/aromatic N) is 3. The maximum absolute atomic E-state index is 13.7. The molecule has 0 spiro atoms. The van der Waals surface area contributed by atoms with Gasteiger partial charge >= 0.3 is 5.82 Å². The smallest absolute Gasteiger partial charge is 0.363 e. The molecule has 23 heavy (non-hydrogen) atoms. The number of nitro groups is 1. The molecule has 1 fully saturated rings. The van der Waals surface area contributed by atoms with Crippen molar-refractivity contribution in [1.29, 1.82) is 0 Å². The van der Waals surface area contributed by atoms with Crippen molar-refractivity contribution in [3.8, 4) is 0 Å². The summed E-state index contributed by atoms with van der Waals surface area (Å²) in [6.45, 7) is 1.59. The van der Waals surface area contributed by atoms with E-state index in [0.717, 1.165) is 31.6 Å². The van der Waals surface area contributed by atoms with Gasteiger partial charge in [-0.2, -0.15) is 0 Å². The van der Waals surface area contributed by atoms with Crippen molar-refractivity contribution in [1.82, 2.24) is 4.98 Å². The Morgan fingerprint density at radius 1 is 1.22 bits per heavy atom. The summed E-state index contributed by atoms with van der Waals surface area (Å²) in [5.41, 5.74) is 1.41. The summed E-state index contributed by atoms with van der Waals surface area (Å²) >= 11 is 0. The lowest BCUT2D eigenvalue weighted by Crippen LogP contribution is -2.39. The van der Waals surface area contributed by atoms with Crippen LogP contribution in [0.2, 0.25) is 0 Å². The molecule has 0 amide bonds. The van der Waals surface area contributed by atoms with Gasteiger partial charge in [0.15, 0.2) is 6.20 Å². The van der Waals surface area contributed by atoms with Gasteiger partial charge in [0, 0.05) is 25.2 Å². The fourth-order valence-electron chi connectivity index (χ4n) is 2.75. The molecular weight excluding hydrogens is 299 g/mol. The summed E-state index contributed by atoms with van der Waals surface area (Å²) in [5, 5.41) is 13.9. The number of nitrogens with one attached hydrogen (secondary N) is 1. The highest BCUT2D eigenvalue weighted by Gasteiger charge is 2.21. The van der Waals surface area contributed by atoms with Gasteiger partial charge in [0.25, 0.3) is 0 Å². The van der Waals surface area contributed by atoms with Crippen molar-refractivity contribution in [3.63, 3.8) is 0 Å². The SMILES string of the molecule is O=[N+]([O-])c1ccc(N2CCC(Nc3ccccc3F)CC2)cn1. The number of piperidine rings is 1. The van der Waals surface area contributed by atoms with Gasteiger partial charge in [-0.1, -0.05) is 12.1 Å². The Kier molecular flexibility index (Phi) is 4.36. The molecule has 0 radical (unpaired) electrons. The van der Waals surface area contributed by atoms with Gasteiger partial charge in [-0.05, 0) is 40.9 Å². The second-order valence-electron chi connectivity index (χ2n) is 5.52. The minimum absolute atomic E-state index is 0.148. The minimum atomic E-state index is -0.506. The molecule has 2 aromatic rings. The van der Waals surface area contributed by atoms with Crippen LogP contribution in [0.4, 0.5) is 21.6 Å². The van der Waals surface area contributed by atoms with Crippen LogP contribution in [-0.4, -0.2) is 29.0 Å². The average molecular weight is 316 g/mol. The van der Waals surface area contributed by atoms with Gasteiger partial charge < -0.3 is 20.3 Å². The van der Waals surface area contributed by atoms with Crippen LogP contribution in [0.5, 0.6) is 0 Å². The Morgan fingerprint density at radius 2 is 1.96 bits per heavy atom. The summed E-state index contributed by atoms with van der Waals surface area (Å²) in [4.78, 5) is 16.1. The largest absolute Gasteiger partial charge is 0.380 e. The molecule has 0 aliphatic carbocycles. The number of hydrogen-bond donors (Lipinski definition) is 1. The molecule has 0 atom stereocenters. The van der Waals surface area contributed by atoms with Crippen LogP contribution < -0.4 is 10.2 Å². The molecule has 7 heteroatoms. The quantitative estimate of drug-likeness (QED) is 0.693. The number of pyridine rings is 1. The first kappa shape index (κ1) is 15.2.